The molecule has 0 saturated heterocycles. The molecule has 0 aliphatic rings. The molecule has 2 rings (SSSR count). The summed E-state index contributed by atoms with van der Waals surface area (Å²) in [5.74, 6) is -0.337. The minimum absolute atomic E-state index is 0.000223. The molecule has 7 heteroatoms. The van der Waals surface area contributed by atoms with E-state index in [9.17, 15) is 13.2 Å². The number of hydrogen-bond acceptors (Lipinski definition) is 5. The lowest BCUT2D eigenvalue weighted by atomic mass is 10.2. The summed E-state index contributed by atoms with van der Waals surface area (Å²) in [7, 11) is -3.43. The van der Waals surface area contributed by atoms with Gasteiger partial charge in [0.05, 0.1) is 18.6 Å². The zero-order valence-electron chi connectivity index (χ0n) is 13.9. The normalized spacial score (nSPS) is 11.6. The summed E-state index contributed by atoms with van der Waals surface area (Å²) < 4.78 is 29.5. The Bertz CT molecular complexity index is 740. The van der Waals surface area contributed by atoms with Crippen molar-refractivity contribution in [2.75, 3.05) is 11.5 Å². The molecule has 2 heterocycles. The van der Waals surface area contributed by atoms with Crippen LogP contribution in [0.4, 0.5) is 0 Å². The van der Waals surface area contributed by atoms with Crippen LogP contribution >= 0.6 is 0 Å². The summed E-state index contributed by atoms with van der Waals surface area (Å²) in [6.07, 6.45) is 4.83. The van der Waals surface area contributed by atoms with E-state index in [-0.39, 0.29) is 24.8 Å². The molecule has 0 spiro atoms. The lowest BCUT2D eigenvalue weighted by molar-refractivity contribution is -0.129. The third-order valence-electron chi connectivity index (χ3n) is 3.31. The summed E-state index contributed by atoms with van der Waals surface area (Å²) >= 11 is 0. The smallest absolute Gasteiger partial charge is 0.238 e. The molecule has 0 unspecified atom stereocenters. The Morgan fingerprint density at radius 3 is 2.62 bits per heavy atom. The van der Waals surface area contributed by atoms with E-state index < -0.39 is 21.5 Å². The number of carbonyl (C=O) groups is 1. The number of aromatic nitrogens is 1. The molecule has 0 aromatic carbocycles. The van der Waals surface area contributed by atoms with E-state index in [0.29, 0.717) is 5.76 Å². The van der Waals surface area contributed by atoms with Crippen molar-refractivity contribution < 1.29 is 17.6 Å². The number of sulfone groups is 1. The van der Waals surface area contributed by atoms with Crippen molar-refractivity contribution in [1.82, 2.24) is 9.88 Å². The van der Waals surface area contributed by atoms with Crippen LogP contribution in [0.5, 0.6) is 0 Å². The average molecular weight is 350 g/mol. The first-order valence-electron chi connectivity index (χ1n) is 7.75. The van der Waals surface area contributed by atoms with Crippen molar-refractivity contribution in [3.63, 3.8) is 0 Å². The van der Waals surface area contributed by atoms with Gasteiger partial charge >= 0.3 is 0 Å². The predicted molar refractivity (Wildman–Crippen MR) is 90.7 cm³/mol. The van der Waals surface area contributed by atoms with Gasteiger partial charge in [0.2, 0.25) is 5.91 Å². The molecule has 0 aliphatic carbocycles. The Kier molecular flexibility index (Phi) is 6.14. The van der Waals surface area contributed by atoms with Crippen LogP contribution in [0.25, 0.3) is 0 Å². The number of nitrogens with zero attached hydrogens (tertiary/aromatic N) is 2. The molecular weight excluding hydrogens is 328 g/mol. The van der Waals surface area contributed by atoms with Crippen LogP contribution in [0.15, 0.2) is 47.3 Å². The van der Waals surface area contributed by atoms with Crippen LogP contribution in [0, 0.1) is 5.92 Å². The van der Waals surface area contributed by atoms with Crippen LogP contribution in [0.2, 0.25) is 0 Å². The second-order valence-corrected chi connectivity index (χ2v) is 8.25. The zero-order valence-corrected chi connectivity index (χ0v) is 14.7. The van der Waals surface area contributed by atoms with E-state index in [4.69, 9.17) is 4.42 Å². The Balaban J connectivity index is 2.13. The average Bonchev–Trinajstić information content (AvgIpc) is 2.98. The SMILES string of the molecule is CC(C)CS(=O)(=O)CC(=O)N(Cc1cccnc1)Cc1ccco1. The summed E-state index contributed by atoms with van der Waals surface area (Å²) in [5, 5.41) is 0. The molecule has 0 aliphatic heterocycles. The standard InChI is InChI=1S/C17H22N2O4S/c1-14(2)12-24(21,22)13-17(20)19(11-16-6-4-8-23-16)10-15-5-3-7-18-9-15/h3-9,14H,10-13H2,1-2H3. The van der Waals surface area contributed by atoms with E-state index in [1.54, 1.807) is 30.6 Å². The quantitative estimate of drug-likeness (QED) is 0.729. The minimum atomic E-state index is -3.43. The fraction of sp³-hybridized carbons (Fsp3) is 0.412. The van der Waals surface area contributed by atoms with Crippen molar-refractivity contribution in [3.05, 3.63) is 54.2 Å². The lowest BCUT2D eigenvalue weighted by Crippen LogP contribution is -2.36. The van der Waals surface area contributed by atoms with Crippen LogP contribution in [-0.2, 0) is 27.7 Å². The maximum atomic E-state index is 12.6. The monoisotopic (exact) mass is 350 g/mol. The van der Waals surface area contributed by atoms with Crippen LogP contribution in [0.1, 0.15) is 25.2 Å². The highest BCUT2D eigenvalue weighted by atomic mass is 32.2. The van der Waals surface area contributed by atoms with Crippen molar-refractivity contribution in [1.29, 1.82) is 0 Å². The van der Waals surface area contributed by atoms with Gasteiger partial charge in [-0.25, -0.2) is 8.42 Å². The molecule has 1 amide bonds. The van der Waals surface area contributed by atoms with E-state index in [2.05, 4.69) is 4.98 Å². The van der Waals surface area contributed by atoms with Crippen molar-refractivity contribution >= 4 is 15.7 Å². The molecular formula is C17H22N2O4S. The van der Waals surface area contributed by atoms with Gasteiger partial charge in [-0.1, -0.05) is 19.9 Å². The minimum Gasteiger partial charge on any atom is -0.467 e. The van der Waals surface area contributed by atoms with Gasteiger partial charge in [-0.2, -0.15) is 0 Å². The van der Waals surface area contributed by atoms with E-state index >= 15 is 0 Å². The fourth-order valence-electron chi connectivity index (χ4n) is 2.38. The fourth-order valence-corrected chi connectivity index (χ4v) is 4.07. The summed E-state index contributed by atoms with van der Waals surface area (Å²) in [5.41, 5.74) is 0.832. The van der Waals surface area contributed by atoms with Gasteiger partial charge in [-0.15, -0.1) is 0 Å². The largest absolute Gasteiger partial charge is 0.467 e. The van der Waals surface area contributed by atoms with Gasteiger partial charge in [0, 0.05) is 18.9 Å². The topological polar surface area (TPSA) is 80.5 Å². The number of amides is 1. The molecule has 0 fully saturated rings. The first-order valence-corrected chi connectivity index (χ1v) is 9.57. The third kappa shape index (κ3) is 5.81. The first kappa shape index (κ1) is 18.2. The number of rotatable bonds is 8. The second-order valence-electron chi connectivity index (χ2n) is 6.14. The van der Waals surface area contributed by atoms with Crippen LogP contribution in [0.3, 0.4) is 0 Å². The highest BCUT2D eigenvalue weighted by molar-refractivity contribution is 7.92. The molecule has 130 valence electrons. The second kappa shape index (κ2) is 8.10. The number of hydrogen-bond donors (Lipinski definition) is 0. The molecule has 0 atom stereocenters. The molecule has 0 N–H and O–H groups in total. The highest BCUT2D eigenvalue weighted by Gasteiger charge is 2.23. The molecule has 0 radical (unpaired) electrons. The number of pyridine rings is 1. The molecule has 0 bridgehead atoms. The molecule has 0 saturated carbocycles. The highest BCUT2D eigenvalue weighted by Crippen LogP contribution is 2.12. The van der Waals surface area contributed by atoms with Crippen molar-refractivity contribution in [3.8, 4) is 0 Å². The number of furan rings is 1. The summed E-state index contributed by atoms with van der Waals surface area (Å²) in [4.78, 5) is 18.1. The predicted octanol–water partition coefficient (Wildman–Crippen LogP) is 2.27. The van der Waals surface area contributed by atoms with Crippen LogP contribution < -0.4 is 0 Å². The molecule has 24 heavy (non-hydrogen) atoms. The van der Waals surface area contributed by atoms with Crippen molar-refractivity contribution in [2.24, 2.45) is 5.92 Å². The maximum absolute atomic E-state index is 12.6. The number of carbonyl (C=O) groups excluding carboxylic acids is 1. The molecule has 2 aromatic rings. The van der Waals surface area contributed by atoms with Gasteiger partial charge in [0.1, 0.15) is 11.5 Å². The Hall–Kier alpha value is -2.15. The summed E-state index contributed by atoms with van der Waals surface area (Å²) in [6, 6.07) is 7.11. The zero-order chi connectivity index (χ0) is 17.6. The first-order chi connectivity index (χ1) is 11.4. The molecule has 2 aromatic heterocycles. The van der Waals surface area contributed by atoms with Gasteiger partial charge in [-0.3, -0.25) is 9.78 Å². The molecule has 6 nitrogen and oxygen atoms in total. The van der Waals surface area contributed by atoms with Crippen molar-refractivity contribution in [2.45, 2.75) is 26.9 Å². The van der Waals surface area contributed by atoms with E-state index in [1.165, 1.54) is 11.2 Å². The third-order valence-corrected chi connectivity index (χ3v) is 5.17. The van der Waals surface area contributed by atoms with Gasteiger partial charge in [-0.05, 0) is 29.7 Å². The lowest BCUT2D eigenvalue weighted by Gasteiger charge is -2.22. The van der Waals surface area contributed by atoms with Gasteiger partial charge in [0.15, 0.2) is 9.84 Å². The summed E-state index contributed by atoms with van der Waals surface area (Å²) in [6.45, 7) is 4.14. The maximum Gasteiger partial charge on any atom is 0.238 e. The van der Waals surface area contributed by atoms with Crippen LogP contribution in [-0.4, -0.2) is 35.7 Å². The Labute approximate surface area is 142 Å². The van der Waals surface area contributed by atoms with E-state index in [0.717, 1.165) is 5.56 Å². The van der Waals surface area contributed by atoms with E-state index in [1.807, 2.05) is 19.9 Å². The Morgan fingerprint density at radius 2 is 2.04 bits per heavy atom. The Morgan fingerprint density at radius 1 is 1.25 bits per heavy atom. The van der Waals surface area contributed by atoms with Gasteiger partial charge in [0.25, 0.3) is 0 Å². The van der Waals surface area contributed by atoms with Gasteiger partial charge < -0.3 is 9.32 Å².